The van der Waals surface area contributed by atoms with Gasteiger partial charge in [-0.25, -0.2) is 0 Å². The van der Waals surface area contributed by atoms with E-state index >= 15 is 0 Å². The Morgan fingerprint density at radius 1 is 0.590 bits per heavy atom. The lowest BCUT2D eigenvalue weighted by atomic mass is 9.73. The highest BCUT2D eigenvalue weighted by Crippen LogP contribution is 2.52. The largest absolute Gasteiger partial charge is 0.495 e. The second-order valence-electron chi connectivity index (χ2n) is 11.6. The van der Waals surface area contributed by atoms with Crippen molar-refractivity contribution >= 4 is 66.8 Å². The van der Waals surface area contributed by atoms with Crippen LogP contribution < -0.4 is 5.46 Å². The van der Waals surface area contributed by atoms with Crippen LogP contribution in [-0.4, -0.2) is 12.7 Å². The van der Waals surface area contributed by atoms with Crippen LogP contribution in [0.4, 0.5) is 0 Å². The molecular formula is C35H25BO3. The van der Waals surface area contributed by atoms with E-state index in [1.54, 1.807) is 0 Å². The summed E-state index contributed by atoms with van der Waals surface area (Å²) in [4.78, 5) is 0. The number of hydrogen-bond acceptors (Lipinski definition) is 3. The highest BCUT2D eigenvalue weighted by Gasteiger charge is 2.57. The topological polar surface area (TPSA) is 31.6 Å². The maximum atomic E-state index is 7.05. The molecule has 9 rings (SSSR count). The fraction of sp³-hybridized carbons (Fsp3) is 0.143. The highest BCUT2D eigenvalue weighted by molar-refractivity contribution is 6.66. The Morgan fingerprint density at radius 2 is 1.28 bits per heavy atom. The van der Waals surface area contributed by atoms with Gasteiger partial charge in [-0.15, -0.1) is 0 Å². The lowest BCUT2D eigenvalue weighted by Gasteiger charge is -2.38. The number of fused-ring (bicyclic) bond motifs is 14. The zero-order valence-electron chi connectivity index (χ0n) is 22.0. The molecule has 0 aliphatic carbocycles. The molecule has 6 aromatic carbocycles. The number of benzene rings is 6. The van der Waals surface area contributed by atoms with Crippen molar-refractivity contribution in [3.8, 4) is 11.1 Å². The van der Waals surface area contributed by atoms with E-state index in [4.69, 9.17) is 13.7 Å². The Balaban J connectivity index is 1.54. The Kier molecular flexibility index (Phi) is 3.96. The van der Waals surface area contributed by atoms with Gasteiger partial charge >= 0.3 is 7.12 Å². The molecule has 4 bridgehead atoms. The van der Waals surface area contributed by atoms with E-state index in [0.29, 0.717) is 0 Å². The Labute approximate surface area is 226 Å². The van der Waals surface area contributed by atoms with Gasteiger partial charge in [-0.05, 0) is 81.8 Å². The average molecular weight is 504 g/mol. The molecule has 2 aliphatic heterocycles. The molecular weight excluding hydrogens is 479 g/mol. The molecule has 1 saturated heterocycles. The van der Waals surface area contributed by atoms with Gasteiger partial charge in [0.1, 0.15) is 16.8 Å². The summed E-state index contributed by atoms with van der Waals surface area (Å²) in [7, 11) is -0.501. The second-order valence-corrected chi connectivity index (χ2v) is 11.6. The van der Waals surface area contributed by atoms with E-state index in [2.05, 4.69) is 106 Å². The molecule has 1 aromatic heterocycles. The SMILES string of the molecule is CC1(C)OB2OC1(C)c1ccc3c(oc4ccccc43)c1-c1ccc3c4ccccc4c4cccc2c4c3c1. The third-order valence-corrected chi connectivity index (χ3v) is 9.39. The van der Waals surface area contributed by atoms with E-state index in [-0.39, 0.29) is 0 Å². The monoisotopic (exact) mass is 504 g/mol. The molecule has 186 valence electrons. The summed E-state index contributed by atoms with van der Waals surface area (Å²) in [5.74, 6) is 0. The van der Waals surface area contributed by atoms with Crippen LogP contribution in [-0.2, 0) is 14.9 Å². The summed E-state index contributed by atoms with van der Waals surface area (Å²) in [6.07, 6.45) is 0. The predicted octanol–water partition coefficient (Wildman–Crippen LogP) is 8.46. The van der Waals surface area contributed by atoms with Crippen molar-refractivity contribution in [2.45, 2.75) is 32.0 Å². The van der Waals surface area contributed by atoms with Crippen LogP contribution in [0, 0.1) is 0 Å². The van der Waals surface area contributed by atoms with E-state index in [0.717, 1.165) is 44.1 Å². The van der Waals surface area contributed by atoms with Crippen molar-refractivity contribution in [2.75, 3.05) is 0 Å². The molecule has 0 saturated carbocycles. The normalized spacial score (nSPS) is 19.7. The molecule has 3 nitrogen and oxygen atoms in total. The van der Waals surface area contributed by atoms with Gasteiger partial charge in [0, 0.05) is 16.3 Å². The molecule has 0 radical (unpaired) electrons. The Bertz CT molecular complexity index is 2190. The zero-order valence-corrected chi connectivity index (χ0v) is 22.0. The first-order valence-electron chi connectivity index (χ1n) is 13.6. The number of rotatable bonds is 0. The van der Waals surface area contributed by atoms with Crippen molar-refractivity contribution < 1.29 is 13.7 Å². The lowest BCUT2D eigenvalue weighted by molar-refractivity contribution is -0.0128. The molecule has 0 spiro atoms. The van der Waals surface area contributed by atoms with Crippen molar-refractivity contribution in [3.05, 3.63) is 103 Å². The molecule has 0 amide bonds. The van der Waals surface area contributed by atoms with Crippen LogP contribution in [0.2, 0.25) is 0 Å². The van der Waals surface area contributed by atoms with Crippen LogP contribution in [0.15, 0.2) is 101 Å². The van der Waals surface area contributed by atoms with Crippen molar-refractivity contribution in [2.24, 2.45) is 0 Å². The fourth-order valence-corrected chi connectivity index (χ4v) is 7.13. The average Bonchev–Trinajstić information content (AvgIpc) is 3.45. The van der Waals surface area contributed by atoms with Crippen LogP contribution >= 0.6 is 0 Å². The minimum atomic E-state index is -0.717. The van der Waals surface area contributed by atoms with Gasteiger partial charge in [-0.3, -0.25) is 0 Å². The Hall–Kier alpha value is -4.12. The minimum absolute atomic E-state index is 0.501. The summed E-state index contributed by atoms with van der Waals surface area (Å²) in [6, 6.07) is 34.8. The lowest BCUT2D eigenvalue weighted by Crippen LogP contribution is -2.42. The number of para-hydroxylation sites is 1. The molecule has 7 aromatic rings. The molecule has 2 aliphatic rings. The molecule has 4 heteroatoms. The number of furan rings is 1. The van der Waals surface area contributed by atoms with Gasteiger partial charge in [0.15, 0.2) is 0 Å². The van der Waals surface area contributed by atoms with Gasteiger partial charge in [0.2, 0.25) is 0 Å². The van der Waals surface area contributed by atoms with Crippen molar-refractivity contribution in [1.29, 1.82) is 0 Å². The summed E-state index contributed by atoms with van der Waals surface area (Å²) in [5.41, 5.74) is 4.83. The van der Waals surface area contributed by atoms with Gasteiger partial charge in [0.25, 0.3) is 0 Å². The standard InChI is InChI=1S/C35H25BO3/c1-34(2)35(3)28-18-17-26-24-11-6-7-14-30(24)37-33(26)31(28)20-15-16-23-21-9-4-5-10-22(21)25-12-8-13-29(36(38-34)39-35)32(25)27(23)19-20/h4-19H,1-3H3. The van der Waals surface area contributed by atoms with Gasteiger partial charge in [-0.2, -0.15) is 0 Å². The molecule has 1 unspecified atom stereocenters. The van der Waals surface area contributed by atoms with E-state index in [1.165, 1.54) is 32.3 Å². The fourth-order valence-electron chi connectivity index (χ4n) is 7.13. The molecule has 1 fully saturated rings. The maximum Gasteiger partial charge on any atom is 0.495 e. The van der Waals surface area contributed by atoms with Crippen LogP contribution in [0.25, 0.3) is 65.4 Å². The molecule has 3 heterocycles. The van der Waals surface area contributed by atoms with Crippen LogP contribution in [0.1, 0.15) is 26.3 Å². The van der Waals surface area contributed by atoms with Crippen LogP contribution in [0.5, 0.6) is 0 Å². The first-order valence-corrected chi connectivity index (χ1v) is 13.6. The number of hydrogen-bond donors (Lipinski definition) is 0. The van der Waals surface area contributed by atoms with Crippen LogP contribution in [0.3, 0.4) is 0 Å². The predicted molar refractivity (Wildman–Crippen MR) is 161 cm³/mol. The van der Waals surface area contributed by atoms with Crippen molar-refractivity contribution in [3.63, 3.8) is 0 Å². The first kappa shape index (κ1) is 21.8. The highest BCUT2D eigenvalue weighted by atomic mass is 16.7. The van der Waals surface area contributed by atoms with Gasteiger partial charge in [-0.1, -0.05) is 84.9 Å². The van der Waals surface area contributed by atoms with E-state index in [1.807, 2.05) is 12.1 Å². The summed E-state index contributed by atoms with van der Waals surface area (Å²) < 4.78 is 20.5. The zero-order chi connectivity index (χ0) is 26.1. The quantitative estimate of drug-likeness (QED) is 0.153. The van der Waals surface area contributed by atoms with Gasteiger partial charge < -0.3 is 13.7 Å². The third-order valence-electron chi connectivity index (χ3n) is 9.39. The summed E-state index contributed by atoms with van der Waals surface area (Å²) in [6.45, 7) is 6.45. The molecule has 39 heavy (non-hydrogen) atoms. The van der Waals surface area contributed by atoms with Crippen molar-refractivity contribution in [1.82, 2.24) is 0 Å². The molecule has 1 atom stereocenters. The first-order chi connectivity index (χ1) is 18.9. The third kappa shape index (κ3) is 2.61. The van der Waals surface area contributed by atoms with E-state index < -0.39 is 18.3 Å². The Morgan fingerprint density at radius 3 is 2.13 bits per heavy atom. The molecule has 0 N–H and O–H groups in total. The maximum absolute atomic E-state index is 7.05. The minimum Gasteiger partial charge on any atom is -0.455 e. The summed E-state index contributed by atoms with van der Waals surface area (Å²) in [5, 5.41) is 9.57. The smallest absolute Gasteiger partial charge is 0.455 e. The van der Waals surface area contributed by atoms with Gasteiger partial charge in [0.05, 0.1) is 5.60 Å². The van der Waals surface area contributed by atoms with E-state index in [9.17, 15) is 0 Å². The summed E-state index contributed by atoms with van der Waals surface area (Å²) >= 11 is 0. The second kappa shape index (κ2) is 7.09.